The summed E-state index contributed by atoms with van der Waals surface area (Å²) in [5.41, 5.74) is 6.97. The maximum absolute atomic E-state index is 13.2. The van der Waals surface area contributed by atoms with E-state index < -0.39 is 0 Å². The van der Waals surface area contributed by atoms with Gasteiger partial charge < -0.3 is 11.1 Å². The summed E-state index contributed by atoms with van der Waals surface area (Å²) in [7, 11) is 0. The highest BCUT2D eigenvalue weighted by atomic mass is 32.2. The molecule has 3 fully saturated rings. The number of allylic oxidation sites excluding steroid dienone is 1. The van der Waals surface area contributed by atoms with E-state index in [1.807, 2.05) is 11.8 Å². The summed E-state index contributed by atoms with van der Waals surface area (Å²) in [5.74, 6) is 0.277. The zero-order valence-electron chi connectivity index (χ0n) is 16.4. The molecule has 1 aromatic rings. The Kier molecular flexibility index (Phi) is 6.10. The fraction of sp³-hybridized carbons (Fsp3) is 0.565. The van der Waals surface area contributed by atoms with Crippen molar-refractivity contribution in [2.75, 3.05) is 0 Å². The molecule has 0 bridgehead atoms. The van der Waals surface area contributed by atoms with Gasteiger partial charge in [-0.25, -0.2) is 0 Å². The Morgan fingerprint density at radius 3 is 2.32 bits per heavy atom. The molecule has 3 aliphatic rings. The summed E-state index contributed by atoms with van der Waals surface area (Å²) in [4.78, 5) is 26.8. The van der Waals surface area contributed by atoms with Gasteiger partial charge in [0.2, 0.25) is 5.91 Å². The molecule has 1 atom stereocenters. The van der Waals surface area contributed by atoms with Crippen LogP contribution < -0.4 is 11.1 Å². The van der Waals surface area contributed by atoms with Crippen molar-refractivity contribution in [3.63, 3.8) is 0 Å². The summed E-state index contributed by atoms with van der Waals surface area (Å²) >= 11 is 1.93. The normalized spacial score (nSPS) is 21.5. The second-order valence-corrected chi connectivity index (χ2v) is 9.91. The molecule has 0 aromatic heterocycles. The minimum atomic E-state index is -0.231. The van der Waals surface area contributed by atoms with E-state index in [1.54, 1.807) is 0 Å². The number of carbonyl (C=O) groups is 2. The lowest BCUT2D eigenvalue weighted by Crippen LogP contribution is -2.34. The molecule has 3 aliphatic carbocycles. The molecule has 150 valence electrons. The van der Waals surface area contributed by atoms with E-state index in [2.05, 4.69) is 29.6 Å². The van der Waals surface area contributed by atoms with Crippen molar-refractivity contribution in [3.8, 4) is 0 Å². The van der Waals surface area contributed by atoms with Crippen molar-refractivity contribution in [1.82, 2.24) is 5.32 Å². The van der Waals surface area contributed by atoms with E-state index >= 15 is 0 Å². The molecule has 3 saturated carbocycles. The topological polar surface area (TPSA) is 72.2 Å². The predicted molar refractivity (Wildman–Crippen MR) is 113 cm³/mol. The minimum absolute atomic E-state index is 0.0216. The molecule has 1 amide bonds. The maximum atomic E-state index is 13.2. The number of hydrogen-bond acceptors (Lipinski definition) is 4. The van der Waals surface area contributed by atoms with Crippen LogP contribution >= 0.6 is 11.8 Å². The lowest BCUT2D eigenvalue weighted by atomic mass is 9.87. The third-order valence-corrected chi connectivity index (χ3v) is 7.46. The van der Waals surface area contributed by atoms with Gasteiger partial charge in [0.25, 0.3) is 0 Å². The van der Waals surface area contributed by atoms with Crippen LogP contribution in [0.25, 0.3) is 0 Å². The van der Waals surface area contributed by atoms with Crippen LogP contribution in [0.4, 0.5) is 0 Å². The molecule has 0 aliphatic heterocycles. The second kappa shape index (κ2) is 8.73. The van der Waals surface area contributed by atoms with Gasteiger partial charge in [-0.15, -0.1) is 11.8 Å². The van der Waals surface area contributed by atoms with Crippen LogP contribution in [0.3, 0.4) is 0 Å². The molecule has 0 spiro atoms. The van der Waals surface area contributed by atoms with Gasteiger partial charge in [0.05, 0.1) is 5.92 Å². The summed E-state index contributed by atoms with van der Waals surface area (Å²) in [6, 6.07) is 8.47. The number of Topliss-reactive ketones (excluding diaryl/α,β-unsaturated/α-hetero) is 1. The first-order valence-corrected chi connectivity index (χ1v) is 11.6. The molecule has 4 nitrogen and oxygen atoms in total. The van der Waals surface area contributed by atoms with Crippen molar-refractivity contribution < 1.29 is 9.59 Å². The fourth-order valence-electron chi connectivity index (χ4n) is 4.10. The summed E-state index contributed by atoms with van der Waals surface area (Å²) in [6.07, 6.45) is 11.4. The lowest BCUT2D eigenvalue weighted by molar-refractivity contribution is -0.124. The van der Waals surface area contributed by atoms with Crippen LogP contribution in [0.1, 0.15) is 69.3 Å². The van der Waals surface area contributed by atoms with E-state index in [-0.39, 0.29) is 29.2 Å². The number of benzene rings is 1. The molecule has 1 unspecified atom stereocenters. The Morgan fingerprint density at radius 2 is 1.75 bits per heavy atom. The van der Waals surface area contributed by atoms with Gasteiger partial charge in [0.1, 0.15) is 5.70 Å². The van der Waals surface area contributed by atoms with E-state index in [4.69, 9.17) is 5.73 Å². The maximum Gasteiger partial charge on any atom is 0.232 e. The number of carbonyl (C=O) groups excluding carboxylic acids is 2. The van der Waals surface area contributed by atoms with E-state index in [0.29, 0.717) is 5.92 Å². The Balaban J connectivity index is 1.48. The third kappa shape index (κ3) is 4.99. The number of amides is 1. The Labute approximate surface area is 171 Å². The summed E-state index contributed by atoms with van der Waals surface area (Å²) in [6.45, 7) is 0. The van der Waals surface area contributed by atoms with E-state index in [0.717, 1.165) is 30.1 Å². The molecule has 3 N–H and O–H groups in total. The molecule has 5 heteroatoms. The van der Waals surface area contributed by atoms with Crippen molar-refractivity contribution in [2.45, 2.75) is 73.9 Å². The highest BCUT2D eigenvalue weighted by Gasteiger charge is 2.34. The molecule has 28 heavy (non-hydrogen) atoms. The van der Waals surface area contributed by atoms with Crippen LogP contribution in [0, 0.1) is 11.8 Å². The van der Waals surface area contributed by atoms with Crippen LogP contribution in [0.2, 0.25) is 0 Å². The highest BCUT2D eigenvalue weighted by Crippen LogP contribution is 2.40. The molecule has 0 saturated heterocycles. The summed E-state index contributed by atoms with van der Waals surface area (Å²) < 4.78 is 0. The standard InChI is InChI=1S/C23H30N2O2S/c24-14-21(22(26)17-5-6-17)25-23(27)20(13-15-3-1-2-4-15)16-7-9-18(10-8-16)28-19-11-12-19/h7-10,14-15,17,19-20H,1-6,11-13,24H2,(H,25,27)/b21-14+. The predicted octanol–water partition coefficient (Wildman–Crippen LogP) is 4.50. The van der Waals surface area contributed by atoms with Crippen LogP contribution in [-0.2, 0) is 9.59 Å². The molecule has 1 aromatic carbocycles. The van der Waals surface area contributed by atoms with Gasteiger partial charge in [-0.05, 0) is 55.7 Å². The van der Waals surface area contributed by atoms with Gasteiger partial charge >= 0.3 is 0 Å². The van der Waals surface area contributed by atoms with Gasteiger partial charge in [-0.3, -0.25) is 9.59 Å². The van der Waals surface area contributed by atoms with Crippen molar-refractivity contribution in [3.05, 3.63) is 41.7 Å². The van der Waals surface area contributed by atoms with Gasteiger partial charge in [-0.2, -0.15) is 0 Å². The van der Waals surface area contributed by atoms with Crippen LogP contribution in [0.15, 0.2) is 41.1 Å². The Bertz CT molecular complexity index is 744. The van der Waals surface area contributed by atoms with Gasteiger partial charge in [0.15, 0.2) is 5.78 Å². The van der Waals surface area contributed by atoms with E-state index in [9.17, 15) is 9.59 Å². The van der Waals surface area contributed by atoms with Crippen molar-refractivity contribution in [2.24, 2.45) is 17.6 Å². The molecular formula is C23H30N2O2S. The first-order valence-electron chi connectivity index (χ1n) is 10.7. The number of ketones is 1. The fourth-order valence-corrected chi connectivity index (χ4v) is 5.15. The molecule has 0 radical (unpaired) electrons. The second-order valence-electron chi connectivity index (χ2n) is 8.53. The first kappa shape index (κ1) is 19.6. The quantitative estimate of drug-likeness (QED) is 0.601. The molecule has 4 rings (SSSR count). The first-order chi connectivity index (χ1) is 13.6. The smallest absolute Gasteiger partial charge is 0.232 e. The largest absolute Gasteiger partial charge is 0.403 e. The number of nitrogens with two attached hydrogens (primary N) is 1. The SMILES string of the molecule is N/C=C(/NC(=O)C(CC1CCCC1)c1ccc(SC2CC2)cc1)C(=O)C1CC1. The average Bonchev–Trinajstić information content (AvgIpc) is 3.64. The van der Waals surface area contributed by atoms with Crippen LogP contribution in [-0.4, -0.2) is 16.9 Å². The number of rotatable bonds is 9. The Morgan fingerprint density at radius 1 is 1.07 bits per heavy atom. The summed E-state index contributed by atoms with van der Waals surface area (Å²) in [5, 5.41) is 3.63. The number of nitrogens with one attached hydrogen (secondary N) is 1. The van der Waals surface area contributed by atoms with Gasteiger partial charge in [-0.1, -0.05) is 37.8 Å². The van der Waals surface area contributed by atoms with Crippen LogP contribution in [0.5, 0.6) is 0 Å². The number of thioether (sulfide) groups is 1. The number of hydrogen-bond donors (Lipinski definition) is 2. The Hall–Kier alpha value is -1.75. The zero-order chi connectivity index (χ0) is 19.5. The molecular weight excluding hydrogens is 368 g/mol. The van der Waals surface area contributed by atoms with Crippen molar-refractivity contribution in [1.29, 1.82) is 0 Å². The van der Waals surface area contributed by atoms with Gasteiger partial charge in [0, 0.05) is 22.3 Å². The average molecular weight is 399 g/mol. The molecule has 0 heterocycles. The van der Waals surface area contributed by atoms with E-state index in [1.165, 1.54) is 49.6 Å². The zero-order valence-corrected chi connectivity index (χ0v) is 17.2. The van der Waals surface area contributed by atoms with Crippen molar-refractivity contribution >= 4 is 23.5 Å². The monoisotopic (exact) mass is 398 g/mol. The highest BCUT2D eigenvalue weighted by molar-refractivity contribution is 8.00. The lowest BCUT2D eigenvalue weighted by Gasteiger charge is -2.21. The third-order valence-electron chi connectivity index (χ3n) is 6.11. The minimum Gasteiger partial charge on any atom is -0.403 e.